The smallest absolute Gasteiger partial charge is 0.0919 e. The summed E-state index contributed by atoms with van der Waals surface area (Å²) in [5.41, 5.74) is 4.88. The Morgan fingerprint density at radius 1 is 1.54 bits per heavy atom. The van der Waals surface area contributed by atoms with Gasteiger partial charge in [0.05, 0.1) is 12.2 Å². The molecule has 1 atom stereocenters. The highest BCUT2D eigenvalue weighted by Crippen LogP contribution is 2.48. The first kappa shape index (κ1) is 11.0. The molecule has 1 fully saturated rings. The zero-order valence-electron chi connectivity index (χ0n) is 8.68. The lowest BCUT2D eigenvalue weighted by atomic mass is 9.59. The molecule has 78 valence electrons. The second-order valence-corrected chi connectivity index (χ2v) is 4.25. The number of aliphatic hydroxyl groups is 1. The van der Waals surface area contributed by atoms with Crippen molar-refractivity contribution in [2.24, 2.45) is 11.1 Å². The molecule has 1 aliphatic rings. The molecule has 0 saturated heterocycles. The van der Waals surface area contributed by atoms with Crippen molar-refractivity contribution in [3.63, 3.8) is 0 Å². The maximum Gasteiger partial charge on any atom is 0.0919 e. The van der Waals surface area contributed by atoms with Gasteiger partial charge in [0.1, 0.15) is 0 Å². The predicted octanol–water partition coefficient (Wildman–Crippen LogP) is 0.903. The van der Waals surface area contributed by atoms with Crippen molar-refractivity contribution in [2.75, 3.05) is 19.8 Å². The molecular formula is C10H21NO2. The van der Waals surface area contributed by atoms with Gasteiger partial charge in [-0.25, -0.2) is 0 Å². The van der Waals surface area contributed by atoms with Gasteiger partial charge in [-0.1, -0.05) is 6.42 Å². The molecule has 1 unspecified atom stereocenters. The van der Waals surface area contributed by atoms with E-state index in [1.807, 2.05) is 13.8 Å². The van der Waals surface area contributed by atoms with Gasteiger partial charge in [-0.15, -0.1) is 0 Å². The summed E-state index contributed by atoms with van der Waals surface area (Å²) in [7, 11) is 0. The van der Waals surface area contributed by atoms with E-state index >= 15 is 0 Å². The van der Waals surface area contributed by atoms with Gasteiger partial charge in [0.25, 0.3) is 0 Å². The minimum atomic E-state index is -0.754. The monoisotopic (exact) mass is 187 g/mol. The molecular weight excluding hydrogens is 166 g/mol. The molecule has 3 nitrogen and oxygen atoms in total. The van der Waals surface area contributed by atoms with E-state index in [0.717, 1.165) is 12.8 Å². The summed E-state index contributed by atoms with van der Waals surface area (Å²) < 4.78 is 5.28. The highest BCUT2D eigenvalue weighted by molar-refractivity contribution is 5.02. The second kappa shape index (κ2) is 3.95. The van der Waals surface area contributed by atoms with Crippen molar-refractivity contribution >= 4 is 0 Å². The van der Waals surface area contributed by atoms with Gasteiger partial charge in [-0.05, 0) is 26.7 Å². The summed E-state index contributed by atoms with van der Waals surface area (Å²) in [6.07, 6.45) is 3.24. The van der Waals surface area contributed by atoms with Crippen LogP contribution in [0, 0.1) is 5.41 Å². The molecule has 0 aromatic heterocycles. The zero-order chi connectivity index (χ0) is 9.95. The van der Waals surface area contributed by atoms with Gasteiger partial charge in [0.15, 0.2) is 0 Å². The fourth-order valence-electron chi connectivity index (χ4n) is 2.02. The molecule has 0 spiro atoms. The van der Waals surface area contributed by atoms with Crippen molar-refractivity contribution in [2.45, 2.75) is 38.7 Å². The third kappa shape index (κ3) is 1.87. The van der Waals surface area contributed by atoms with Gasteiger partial charge < -0.3 is 15.6 Å². The highest BCUT2D eigenvalue weighted by Gasteiger charge is 2.50. The van der Waals surface area contributed by atoms with E-state index in [1.165, 1.54) is 6.42 Å². The Morgan fingerprint density at radius 3 is 2.46 bits per heavy atom. The summed E-state index contributed by atoms with van der Waals surface area (Å²) in [4.78, 5) is 0. The molecule has 1 rings (SSSR count). The normalized spacial score (nSPS) is 24.9. The quantitative estimate of drug-likeness (QED) is 0.672. The van der Waals surface area contributed by atoms with Crippen LogP contribution in [-0.4, -0.2) is 30.5 Å². The molecule has 0 aliphatic heterocycles. The van der Waals surface area contributed by atoms with Crippen LogP contribution in [0.2, 0.25) is 0 Å². The van der Waals surface area contributed by atoms with Crippen molar-refractivity contribution in [1.82, 2.24) is 0 Å². The Hall–Kier alpha value is -0.120. The molecule has 0 aromatic rings. The molecule has 0 amide bonds. The first-order valence-electron chi connectivity index (χ1n) is 5.08. The number of rotatable bonds is 5. The van der Waals surface area contributed by atoms with Gasteiger partial charge in [-0.3, -0.25) is 0 Å². The maximum atomic E-state index is 10.2. The summed E-state index contributed by atoms with van der Waals surface area (Å²) in [6, 6.07) is 0. The van der Waals surface area contributed by atoms with Crippen LogP contribution in [0.1, 0.15) is 33.1 Å². The third-order valence-corrected chi connectivity index (χ3v) is 3.43. The molecule has 1 aliphatic carbocycles. The van der Waals surface area contributed by atoms with Crippen molar-refractivity contribution < 1.29 is 9.84 Å². The standard InChI is InChI=1S/C10H21NO2/c1-3-13-8-9(2,12)10(7-11)5-4-6-10/h12H,3-8,11H2,1-2H3. The molecule has 0 bridgehead atoms. The van der Waals surface area contributed by atoms with E-state index in [9.17, 15) is 5.11 Å². The molecule has 3 heteroatoms. The maximum absolute atomic E-state index is 10.2. The minimum absolute atomic E-state index is 0.0812. The van der Waals surface area contributed by atoms with E-state index in [2.05, 4.69) is 0 Å². The van der Waals surface area contributed by atoms with E-state index in [-0.39, 0.29) is 5.41 Å². The molecule has 0 aromatic carbocycles. The SMILES string of the molecule is CCOCC(C)(O)C1(CN)CCC1. The van der Waals surface area contributed by atoms with E-state index in [1.54, 1.807) is 0 Å². The molecule has 0 radical (unpaired) electrons. The Morgan fingerprint density at radius 2 is 2.15 bits per heavy atom. The van der Waals surface area contributed by atoms with E-state index in [0.29, 0.717) is 19.8 Å². The van der Waals surface area contributed by atoms with Crippen LogP contribution in [0.5, 0.6) is 0 Å². The first-order chi connectivity index (χ1) is 6.08. The lowest BCUT2D eigenvalue weighted by Gasteiger charge is -2.51. The van der Waals surface area contributed by atoms with E-state index < -0.39 is 5.60 Å². The molecule has 0 heterocycles. The number of nitrogens with two attached hydrogens (primary N) is 1. The fraction of sp³-hybridized carbons (Fsp3) is 1.00. The Balaban J connectivity index is 2.54. The number of hydrogen-bond acceptors (Lipinski definition) is 3. The van der Waals surface area contributed by atoms with Gasteiger partial charge in [0, 0.05) is 18.6 Å². The Kier molecular flexibility index (Phi) is 3.33. The van der Waals surface area contributed by atoms with Crippen molar-refractivity contribution in [3.05, 3.63) is 0 Å². The predicted molar refractivity (Wildman–Crippen MR) is 52.5 cm³/mol. The summed E-state index contributed by atoms with van der Waals surface area (Å²) in [5, 5.41) is 10.2. The number of ether oxygens (including phenoxy) is 1. The highest BCUT2D eigenvalue weighted by atomic mass is 16.5. The minimum Gasteiger partial charge on any atom is -0.387 e. The topological polar surface area (TPSA) is 55.5 Å². The molecule has 13 heavy (non-hydrogen) atoms. The average molecular weight is 187 g/mol. The van der Waals surface area contributed by atoms with Crippen LogP contribution >= 0.6 is 0 Å². The van der Waals surface area contributed by atoms with E-state index in [4.69, 9.17) is 10.5 Å². The molecule has 3 N–H and O–H groups in total. The largest absolute Gasteiger partial charge is 0.387 e. The lowest BCUT2D eigenvalue weighted by molar-refractivity contribution is -0.147. The Labute approximate surface area is 80.3 Å². The van der Waals surface area contributed by atoms with Crippen LogP contribution in [0.3, 0.4) is 0 Å². The summed E-state index contributed by atoms with van der Waals surface area (Å²) in [6.45, 7) is 5.39. The van der Waals surface area contributed by atoms with Gasteiger partial charge in [0.2, 0.25) is 0 Å². The van der Waals surface area contributed by atoms with Crippen LogP contribution < -0.4 is 5.73 Å². The lowest BCUT2D eigenvalue weighted by Crippen LogP contribution is -2.57. The van der Waals surface area contributed by atoms with Crippen LogP contribution in [0.15, 0.2) is 0 Å². The molecule has 1 saturated carbocycles. The van der Waals surface area contributed by atoms with Crippen molar-refractivity contribution in [1.29, 1.82) is 0 Å². The van der Waals surface area contributed by atoms with Crippen LogP contribution in [0.25, 0.3) is 0 Å². The first-order valence-corrected chi connectivity index (χ1v) is 5.08. The van der Waals surface area contributed by atoms with Gasteiger partial charge in [-0.2, -0.15) is 0 Å². The van der Waals surface area contributed by atoms with Crippen LogP contribution in [0.4, 0.5) is 0 Å². The number of hydrogen-bond donors (Lipinski definition) is 2. The zero-order valence-corrected chi connectivity index (χ0v) is 8.68. The van der Waals surface area contributed by atoms with Crippen LogP contribution in [-0.2, 0) is 4.74 Å². The second-order valence-electron chi connectivity index (χ2n) is 4.25. The van der Waals surface area contributed by atoms with Crippen molar-refractivity contribution in [3.8, 4) is 0 Å². The Bertz CT molecular complexity index is 159. The fourth-order valence-corrected chi connectivity index (χ4v) is 2.02. The summed E-state index contributed by atoms with van der Waals surface area (Å²) >= 11 is 0. The average Bonchev–Trinajstić information content (AvgIpc) is 1.99. The summed E-state index contributed by atoms with van der Waals surface area (Å²) in [5.74, 6) is 0. The third-order valence-electron chi connectivity index (χ3n) is 3.43. The van der Waals surface area contributed by atoms with Gasteiger partial charge >= 0.3 is 0 Å².